The molecule has 0 aliphatic heterocycles. The predicted molar refractivity (Wildman–Crippen MR) is 142 cm³/mol. The molecule has 0 aliphatic rings. The summed E-state index contributed by atoms with van der Waals surface area (Å²) in [5.41, 5.74) is 7.93. The van der Waals surface area contributed by atoms with Crippen LogP contribution in [-0.2, 0) is 16.6 Å². The average Bonchev–Trinajstić information content (AvgIpc) is 2.48. The minimum absolute atomic E-state index is 0.0684. The van der Waals surface area contributed by atoms with Gasteiger partial charge in [0.15, 0.2) is 5.75 Å². The third-order valence-corrected chi connectivity index (χ3v) is 7.12. The summed E-state index contributed by atoms with van der Waals surface area (Å²) in [6.07, 6.45) is 0.289. The Labute approximate surface area is 213 Å². The van der Waals surface area contributed by atoms with Gasteiger partial charge in [-0.05, 0) is 138 Å². The molecule has 0 saturated carbocycles. The Morgan fingerprint density at radius 1 is 1.04 bits per heavy atom. The van der Waals surface area contributed by atoms with E-state index in [-0.39, 0.29) is 11.8 Å². The number of carboxylic acids is 1. The lowest BCUT2D eigenvalue weighted by Gasteiger charge is -2.23. The van der Waals surface area contributed by atoms with Gasteiger partial charge in [-0.15, -0.1) is 0 Å². The Morgan fingerprint density at radius 3 is 1.93 bits per heavy atom. The largest absolute Gasteiger partial charge is 0.480 e. The Kier molecular flexibility index (Phi) is 8.48. The number of ether oxygens (including phenoxy) is 1. The van der Waals surface area contributed by atoms with Crippen molar-refractivity contribution in [1.82, 2.24) is 0 Å². The summed E-state index contributed by atoms with van der Waals surface area (Å²) < 4.78 is 10.4. The number of aliphatic carboxylic acids is 1. The highest BCUT2D eigenvalue weighted by atomic mass is 127. The van der Waals surface area contributed by atoms with E-state index in [0.717, 1.165) is 24.2 Å². The van der Waals surface area contributed by atoms with Crippen LogP contribution in [0.4, 0.5) is 0 Å². The lowest BCUT2D eigenvalue weighted by molar-refractivity contribution is -0.138. The van der Waals surface area contributed by atoms with E-state index in [4.69, 9.17) is 15.6 Å². The van der Waals surface area contributed by atoms with Crippen molar-refractivity contribution in [2.45, 2.75) is 38.6 Å². The van der Waals surface area contributed by atoms with Crippen LogP contribution in [0.15, 0.2) is 24.3 Å². The quantitative estimate of drug-likeness (QED) is 0.356. The molecule has 0 bridgehead atoms. The fourth-order valence-electron chi connectivity index (χ4n) is 2.61. The van der Waals surface area contributed by atoms with Crippen molar-refractivity contribution in [3.05, 3.63) is 49.7 Å². The van der Waals surface area contributed by atoms with Crippen LogP contribution in [0.25, 0.3) is 0 Å². The van der Waals surface area contributed by atoms with Gasteiger partial charge in [0.1, 0.15) is 11.8 Å². The van der Waals surface area contributed by atoms with Crippen LogP contribution in [0.3, 0.4) is 0 Å². The zero-order valence-corrected chi connectivity index (χ0v) is 23.6. The maximum atomic E-state index is 11.0. The summed E-state index contributed by atoms with van der Waals surface area (Å²) >= 11 is 9.16. The van der Waals surface area contributed by atoms with Crippen molar-refractivity contribution in [3.8, 4) is 11.5 Å². The van der Waals surface area contributed by atoms with Gasteiger partial charge in [0.05, 0.1) is 7.14 Å². The summed E-state index contributed by atoms with van der Waals surface area (Å²) in [4.78, 5) is 11.0. The Hall–Kier alpha value is 0.590. The second-order valence-corrected chi connectivity index (χ2v) is 11.8. The highest BCUT2D eigenvalue weighted by molar-refractivity contribution is 14.1. The van der Waals surface area contributed by atoms with Crippen LogP contribution < -0.4 is 10.5 Å². The topological polar surface area (TPSA) is 72.5 Å². The number of rotatable bonds is 5. The van der Waals surface area contributed by atoms with E-state index in [0.29, 0.717) is 0 Å². The van der Waals surface area contributed by atoms with Crippen LogP contribution in [0.2, 0.25) is 0 Å². The molecule has 4 nitrogen and oxygen atoms in total. The first-order valence-electron chi connectivity index (χ1n) is 8.04. The highest BCUT2D eigenvalue weighted by Crippen LogP contribution is 2.38. The van der Waals surface area contributed by atoms with Crippen LogP contribution >= 0.6 is 90.4 Å². The molecule has 0 spiro atoms. The molecular weight excluding hydrogens is 798 g/mol. The third-order valence-electron chi connectivity index (χ3n) is 3.82. The van der Waals surface area contributed by atoms with Gasteiger partial charge in [0, 0.05) is 7.14 Å². The van der Waals surface area contributed by atoms with Gasteiger partial charge < -0.3 is 15.6 Å². The number of hydrogen-bond acceptors (Lipinski definition) is 3. The number of nitrogens with two attached hydrogens (primary N) is 1. The summed E-state index contributed by atoms with van der Waals surface area (Å²) in [6, 6.07) is 7.07. The number of carbonyl (C=O) groups is 1. The molecule has 2 aromatic carbocycles. The molecule has 0 aromatic heterocycles. The van der Waals surface area contributed by atoms with E-state index < -0.39 is 12.0 Å². The molecule has 0 heterocycles. The zero-order valence-electron chi connectivity index (χ0n) is 14.9. The molecule has 0 radical (unpaired) electrons. The molecule has 2 aromatic rings. The van der Waals surface area contributed by atoms with Crippen molar-refractivity contribution >= 4 is 96.3 Å². The van der Waals surface area contributed by atoms with Gasteiger partial charge in [-0.2, -0.15) is 0 Å². The fourth-order valence-corrected chi connectivity index (χ4v) is 8.06. The van der Waals surface area contributed by atoms with E-state index in [1.54, 1.807) is 0 Å². The predicted octanol–water partition coefficient (Wildman–Crippen LogP) is 6.15. The maximum absolute atomic E-state index is 11.0. The SMILES string of the molecule is CC(C)(C)c1c(I)cc(Oc2c(I)cc(C[C@H](N)C(=O)O)cc2I)cc1I. The molecule has 0 amide bonds. The van der Waals surface area contributed by atoms with Gasteiger partial charge in [-0.1, -0.05) is 20.8 Å². The molecule has 146 valence electrons. The first kappa shape index (κ1) is 23.9. The Morgan fingerprint density at radius 2 is 1.52 bits per heavy atom. The van der Waals surface area contributed by atoms with Gasteiger partial charge in [0.2, 0.25) is 0 Å². The molecule has 2 rings (SSSR count). The van der Waals surface area contributed by atoms with Crippen molar-refractivity contribution < 1.29 is 14.6 Å². The zero-order chi connectivity index (χ0) is 20.5. The fraction of sp³-hybridized carbons (Fsp3) is 0.316. The number of benzene rings is 2. The minimum Gasteiger partial charge on any atom is -0.480 e. The number of hydrogen-bond donors (Lipinski definition) is 2. The van der Waals surface area contributed by atoms with Crippen LogP contribution in [-0.4, -0.2) is 17.1 Å². The smallest absolute Gasteiger partial charge is 0.320 e. The second-order valence-electron chi connectivity index (χ2n) is 7.15. The summed E-state index contributed by atoms with van der Waals surface area (Å²) in [5.74, 6) is 0.574. The number of carboxylic acid groups (broad SMARTS) is 1. The van der Waals surface area contributed by atoms with Crippen LogP contribution in [0.5, 0.6) is 11.5 Å². The standard InChI is InChI=1S/C19H19I4NO3/c1-19(2,3)16-11(20)7-10(8-12(16)21)27-17-13(22)4-9(5-14(17)23)6-15(24)18(25)26/h4-5,7-8,15H,6,24H2,1-3H3,(H,25,26)/t15-/m0/s1. The Balaban J connectivity index is 2.34. The normalized spacial score (nSPS) is 12.7. The monoisotopic (exact) mass is 817 g/mol. The highest BCUT2D eigenvalue weighted by Gasteiger charge is 2.22. The average molecular weight is 817 g/mol. The van der Waals surface area contributed by atoms with E-state index in [1.165, 1.54) is 12.7 Å². The first-order chi connectivity index (χ1) is 12.4. The number of halogens is 4. The molecule has 0 saturated heterocycles. The minimum atomic E-state index is -0.997. The van der Waals surface area contributed by atoms with Crippen LogP contribution in [0, 0.1) is 14.3 Å². The Bertz CT molecular complexity index is 832. The maximum Gasteiger partial charge on any atom is 0.320 e. The molecule has 0 fully saturated rings. The van der Waals surface area contributed by atoms with Crippen molar-refractivity contribution in [2.75, 3.05) is 0 Å². The van der Waals surface area contributed by atoms with E-state index >= 15 is 0 Å². The molecule has 1 atom stereocenters. The van der Waals surface area contributed by atoms with Gasteiger partial charge >= 0.3 is 5.97 Å². The molecule has 0 aliphatic carbocycles. The van der Waals surface area contributed by atoms with Crippen molar-refractivity contribution in [2.24, 2.45) is 5.73 Å². The van der Waals surface area contributed by atoms with Crippen molar-refractivity contribution in [3.63, 3.8) is 0 Å². The summed E-state index contributed by atoms with van der Waals surface area (Å²) in [6.45, 7) is 6.62. The van der Waals surface area contributed by atoms with Crippen LogP contribution in [0.1, 0.15) is 31.9 Å². The first-order valence-corrected chi connectivity index (χ1v) is 12.4. The van der Waals surface area contributed by atoms with Gasteiger partial charge in [-0.25, -0.2) is 0 Å². The summed E-state index contributed by atoms with van der Waals surface area (Å²) in [5, 5.41) is 9.01. The molecule has 0 unspecified atom stereocenters. The summed E-state index contributed by atoms with van der Waals surface area (Å²) in [7, 11) is 0. The van der Waals surface area contributed by atoms with Gasteiger partial charge in [-0.3, -0.25) is 4.79 Å². The third kappa shape index (κ3) is 6.28. The van der Waals surface area contributed by atoms with E-state index in [1.807, 2.05) is 12.1 Å². The van der Waals surface area contributed by atoms with E-state index in [9.17, 15) is 4.79 Å². The lowest BCUT2D eigenvalue weighted by atomic mass is 9.87. The molecule has 3 N–H and O–H groups in total. The van der Waals surface area contributed by atoms with Gasteiger partial charge in [0.25, 0.3) is 0 Å². The molecular formula is C19H19I4NO3. The van der Waals surface area contributed by atoms with Crippen molar-refractivity contribution in [1.29, 1.82) is 0 Å². The lowest BCUT2D eigenvalue weighted by Crippen LogP contribution is -2.32. The second kappa shape index (κ2) is 9.60. The molecule has 27 heavy (non-hydrogen) atoms. The molecule has 8 heteroatoms. The van der Waals surface area contributed by atoms with E-state index in [2.05, 4.69) is 123 Å².